The second kappa shape index (κ2) is 5.99. The largest absolute Gasteiger partial charge is 0.392 e. The molecule has 2 aromatic rings. The second-order valence-corrected chi connectivity index (χ2v) is 5.09. The fourth-order valence-corrected chi connectivity index (χ4v) is 2.34. The number of rotatable bonds is 4. The maximum Gasteiger partial charge on any atom is 0.0620 e. The average Bonchev–Trinajstić information content (AvgIpc) is 2.30. The van der Waals surface area contributed by atoms with Gasteiger partial charge in [0.25, 0.3) is 0 Å². The van der Waals surface area contributed by atoms with Gasteiger partial charge in [-0.15, -0.1) is 0 Å². The van der Waals surface area contributed by atoms with Crippen LogP contribution in [0.5, 0.6) is 0 Å². The molecule has 0 fully saturated rings. The van der Waals surface area contributed by atoms with E-state index in [2.05, 4.69) is 15.9 Å². The molecule has 0 saturated heterocycles. The first-order valence-electron chi connectivity index (χ1n) is 5.70. The van der Waals surface area contributed by atoms with Crippen molar-refractivity contribution in [3.63, 3.8) is 0 Å². The number of benzene rings is 2. The third-order valence-corrected chi connectivity index (χ3v) is 3.17. The monoisotopic (exact) mass is 290 g/mol. The highest BCUT2D eigenvalue weighted by molar-refractivity contribution is 9.10. The number of hydrogen-bond acceptors (Lipinski definition) is 1. The smallest absolute Gasteiger partial charge is 0.0620 e. The highest BCUT2D eigenvalue weighted by Gasteiger charge is 2.06. The molecular formula is C15H15BrO. The Bertz CT molecular complexity index is 467. The molecule has 2 rings (SSSR count). The van der Waals surface area contributed by atoms with Gasteiger partial charge in [-0.25, -0.2) is 0 Å². The van der Waals surface area contributed by atoms with Crippen LogP contribution >= 0.6 is 15.9 Å². The predicted molar refractivity (Wildman–Crippen MR) is 74.0 cm³/mol. The van der Waals surface area contributed by atoms with Crippen molar-refractivity contribution in [3.8, 4) is 0 Å². The molecule has 0 saturated carbocycles. The fourth-order valence-electron chi connectivity index (χ4n) is 1.89. The molecular weight excluding hydrogens is 276 g/mol. The summed E-state index contributed by atoms with van der Waals surface area (Å²) in [6.45, 7) is 0. The molecule has 1 atom stereocenters. The summed E-state index contributed by atoms with van der Waals surface area (Å²) in [5, 5.41) is 10.0. The predicted octanol–water partition coefficient (Wildman–Crippen LogP) is 3.60. The normalized spacial score (nSPS) is 12.4. The quantitative estimate of drug-likeness (QED) is 0.912. The van der Waals surface area contributed by atoms with Gasteiger partial charge >= 0.3 is 0 Å². The SMILES string of the molecule is OC(Cc1ccccc1)Cc1cccc(Br)c1. The molecule has 0 aromatic heterocycles. The van der Waals surface area contributed by atoms with Gasteiger partial charge in [-0.05, 0) is 36.1 Å². The highest BCUT2D eigenvalue weighted by Crippen LogP contribution is 2.14. The van der Waals surface area contributed by atoms with Crippen LogP contribution in [0.15, 0.2) is 59.1 Å². The maximum absolute atomic E-state index is 10.0. The first kappa shape index (κ1) is 12.3. The van der Waals surface area contributed by atoms with Crippen molar-refractivity contribution in [1.29, 1.82) is 0 Å². The minimum atomic E-state index is -0.327. The number of aliphatic hydroxyl groups is 1. The van der Waals surface area contributed by atoms with Crippen LogP contribution in [-0.4, -0.2) is 11.2 Å². The molecule has 0 aliphatic carbocycles. The molecule has 2 heteroatoms. The molecule has 0 aliphatic heterocycles. The summed E-state index contributed by atoms with van der Waals surface area (Å²) in [4.78, 5) is 0. The first-order chi connectivity index (χ1) is 8.24. The standard InChI is InChI=1S/C15H15BrO/c16-14-8-4-7-13(9-14)11-15(17)10-12-5-2-1-3-6-12/h1-9,15,17H,10-11H2. The molecule has 0 amide bonds. The lowest BCUT2D eigenvalue weighted by Gasteiger charge is -2.10. The van der Waals surface area contributed by atoms with E-state index >= 15 is 0 Å². The van der Waals surface area contributed by atoms with Crippen LogP contribution in [0.25, 0.3) is 0 Å². The van der Waals surface area contributed by atoms with Crippen molar-refractivity contribution >= 4 is 15.9 Å². The summed E-state index contributed by atoms with van der Waals surface area (Å²) < 4.78 is 1.06. The summed E-state index contributed by atoms with van der Waals surface area (Å²) in [5.74, 6) is 0. The van der Waals surface area contributed by atoms with Gasteiger partial charge in [-0.2, -0.15) is 0 Å². The van der Waals surface area contributed by atoms with E-state index < -0.39 is 0 Å². The molecule has 1 unspecified atom stereocenters. The zero-order valence-electron chi connectivity index (χ0n) is 9.51. The van der Waals surface area contributed by atoms with E-state index in [4.69, 9.17) is 0 Å². The van der Waals surface area contributed by atoms with Crippen LogP contribution < -0.4 is 0 Å². The van der Waals surface area contributed by atoms with Crippen molar-refractivity contribution in [3.05, 3.63) is 70.2 Å². The fraction of sp³-hybridized carbons (Fsp3) is 0.200. The second-order valence-electron chi connectivity index (χ2n) is 4.18. The zero-order valence-corrected chi connectivity index (χ0v) is 11.1. The molecule has 0 spiro atoms. The Morgan fingerprint density at radius 3 is 2.24 bits per heavy atom. The summed E-state index contributed by atoms with van der Waals surface area (Å²) in [6, 6.07) is 18.2. The van der Waals surface area contributed by atoms with E-state index in [1.54, 1.807) is 0 Å². The van der Waals surface area contributed by atoms with Crippen LogP contribution in [0.1, 0.15) is 11.1 Å². The van der Waals surface area contributed by atoms with Gasteiger partial charge in [0.05, 0.1) is 6.10 Å². The third kappa shape index (κ3) is 3.99. The lowest BCUT2D eigenvalue weighted by atomic mass is 10.0. The number of halogens is 1. The van der Waals surface area contributed by atoms with E-state index in [0.29, 0.717) is 12.8 Å². The Morgan fingerprint density at radius 2 is 1.53 bits per heavy atom. The molecule has 0 aliphatic rings. The minimum Gasteiger partial charge on any atom is -0.392 e. The molecule has 88 valence electrons. The molecule has 2 aromatic carbocycles. The minimum absolute atomic E-state index is 0.327. The maximum atomic E-state index is 10.0. The van der Waals surface area contributed by atoms with Gasteiger partial charge < -0.3 is 5.11 Å². The Kier molecular flexibility index (Phi) is 4.35. The van der Waals surface area contributed by atoms with Crippen molar-refractivity contribution in [1.82, 2.24) is 0 Å². The van der Waals surface area contributed by atoms with Crippen LogP contribution in [-0.2, 0) is 12.8 Å². The van der Waals surface area contributed by atoms with Gasteiger partial charge in [0.15, 0.2) is 0 Å². The third-order valence-electron chi connectivity index (χ3n) is 2.67. The molecule has 0 bridgehead atoms. The highest BCUT2D eigenvalue weighted by atomic mass is 79.9. The van der Waals surface area contributed by atoms with E-state index in [1.807, 2.05) is 54.6 Å². The van der Waals surface area contributed by atoms with Crippen LogP contribution in [0, 0.1) is 0 Å². The van der Waals surface area contributed by atoms with Crippen molar-refractivity contribution in [2.75, 3.05) is 0 Å². The van der Waals surface area contributed by atoms with Crippen molar-refractivity contribution in [2.24, 2.45) is 0 Å². The van der Waals surface area contributed by atoms with E-state index in [0.717, 1.165) is 10.0 Å². The van der Waals surface area contributed by atoms with Crippen LogP contribution in [0.2, 0.25) is 0 Å². The van der Waals surface area contributed by atoms with Gasteiger partial charge in [-0.3, -0.25) is 0 Å². The topological polar surface area (TPSA) is 20.2 Å². The van der Waals surface area contributed by atoms with Gasteiger partial charge in [0, 0.05) is 4.47 Å². The number of hydrogen-bond donors (Lipinski definition) is 1. The summed E-state index contributed by atoms with van der Waals surface area (Å²) in [6.07, 6.45) is 1.06. The van der Waals surface area contributed by atoms with Crippen molar-refractivity contribution < 1.29 is 5.11 Å². The lowest BCUT2D eigenvalue weighted by Crippen LogP contribution is -2.13. The van der Waals surface area contributed by atoms with E-state index in [-0.39, 0.29) is 6.10 Å². The summed E-state index contributed by atoms with van der Waals surface area (Å²) in [7, 11) is 0. The van der Waals surface area contributed by atoms with Crippen LogP contribution in [0.3, 0.4) is 0 Å². The van der Waals surface area contributed by atoms with Gasteiger partial charge in [0.1, 0.15) is 0 Å². The Balaban J connectivity index is 1.96. The van der Waals surface area contributed by atoms with Gasteiger partial charge in [-0.1, -0.05) is 58.4 Å². The first-order valence-corrected chi connectivity index (χ1v) is 6.50. The Labute approximate surface area is 110 Å². The molecule has 0 heterocycles. The van der Waals surface area contributed by atoms with E-state index in [1.165, 1.54) is 5.56 Å². The molecule has 17 heavy (non-hydrogen) atoms. The summed E-state index contributed by atoms with van der Waals surface area (Å²) in [5.41, 5.74) is 2.33. The molecule has 1 nitrogen and oxygen atoms in total. The molecule has 1 N–H and O–H groups in total. The zero-order chi connectivity index (χ0) is 12.1. The lowest BCUT2D eigenvalue weighted by molar-refractivity contribution is 0.175. The van der Waals surface area contributed by atoms with Crippen LogP contribution in [0.4, 0.5) is 0 Å². The molecule has 0 radical (unpaired) electrons. The van der Waals surface area contributed by atoms with Gasteiger partial charge in [0.2, 0.25) is 0 Å². The average molecular weight is 291 g/mol. The van der Waals surface area contributed by atoms with E-state index in [9.17, 15) is 5.11 Å². The number of aliphatic hydroxyl groups excluding tert-OH is 1. The Hall–Kier alpha value is -1.12. The Morgan fingerprint density at radius 1 is 0.882 bits per heavy atom. The van der Waals surface area contributed by atoms with Crippen molar-refractivity contribution in [2.45, 2.75) is 18.9 Å². The summed E-state index contributed by atoms with van der Waals surface area (Å²) >= 11 is 3.44.